The third kappa shape index (κ3) is 8.13. The second kappa shape index (κ2) is 9.83. The zero-order chi connectivity index (χ0) is 14.1. The normalized spacial score (nSPS) is 16.6. The Labute approximate surface area is 107 Å². The highest BCUT2D eigenvalue weighted by Gasteiger charge is 2.39. The molecule has 3 unspecified atom stereocenters. The van der Waals surface area contributed by atoms with Crippen LogP contribution in [0.3, 0.4) is 0 Å². The van der Waals surface area contributed by atoms with Gasteiger partial charge in [-0.1, -0.05) is 35.2 Å². The van der Waals surface area contributed by atoms with Crippen molar-refractivity contribution in [2.24, 2.45) is 0 Å². The molecule has 18 heavy (non-hydrogen) atoms. The molecule has 0 aliphatic rings. The molecule has 8 nitrogen and oxygen atoms in total. The van der Waals surface area contributed by atoms with E-state index in [0.29, 0.717) is 11.5 Å². The summed E-state index contributed by atoms with van der Waals surface area (Å²) in [7, 11) is -6.12. The Kier molecular flexibility index (Phi) is 9.81. The van der Waals surface area contributed by atoms with E-state index in [2.05, 4.69) is 9.05 Å². The van der Waals surface area contributed by atoms with Crippen molar-refractivity contribution < 1.29 is 33.2 Å². The maximum absolute atomic E-state index is 10.5. The van der Waals surface area contributed by atoms with E-state index in [4.69, 9.17) is 9.79 Å². The van der Waals surface area contributed by atoms with E-state index in [9.17, 15) is 14.3 Å². The van der Waals surface area contributed by atoms with Crippen molar-refractivity contribution >= 4 is 16.5 Å². The Bertz CT molecular complexity index is 262. The summed E-state index contributed by atoms with van der Waals surface area (Å²) in [5.41, 5.74) is 0. The first-order valence-corrected chi connectivity index (χ1v) is 7.77. The van der Waals surface area contributed by atoms with E-state index < -0.39 is 29.0 Å². The molecule has 10 heteroatoms. The van der Waals surface area contributed by atoms with Crippen LogP contribution in [0.25, 0.3) is 0 Å². The fourth-order valence-corrected chi connectivity index (χ4v) is 1.96. The molecular formula is C8H19NO7P2+2. The van der Waals surface area contributed by atoms with Crippen molar-refractivity contribution in [3.63, 3.8) is 0 Å². The Hall–Kier alpha value is -0.0400. The maximum Gasteiger partial charge on any atom is 0.699 e. The monoisotopic (exact) mass is 303 g/mol. The second-order valence-electron chi connectivity index (χ2n) is 3.72. The molecule has 0 bridgehead atoms. The first kappa shape index (κ1) is 18.0. The smallest absolute Gasteiger partial charge is 0.309 e. The summed E-state index contributed by atoms with van der Waals surface area (Å²) < 4.78 is 29.7. The van der Waals surface area contributed by atoms with Gasteiger partial charge in [0.05, 0.1) is 0 Å². The quantitative estimate of drug-likeness (QED) is 0.243. The summed E-state index contributed by atoms with van der Waals surface area (Å²) in [5, 5.41) is 10.2. The molecule has 3 atom stereocenters. The minimum atomic E-state index is -3.06. The lowest BCUT2D eigenvalue weighted by Crippen LogP contribution is -2.40. The van der Waals surface area contributed by atoms with Crippen molar-refractivity contribution in [1.29, 1.82) is 0 Å². The zero-order valence-corrected chi connectivity index (χ0v) is 12.1. The van der Waals surface area contributed by atoms with Crippen molar-refractivity contribution in [1.82, 2.24) is 5.06 Å². The van der Waals surface area contributed by atoms with Crippen LogP contribution >= 0.6 is 16.5 Å². The predicted octanol–water partition coefficient (Wildman–Crippen LogP) is 2.26. The van der Waals surface area contributed by atoms with Gasteiger partial charge in [-0.3, -0.25) is 0 Å². The lowest BCUT2D eigenvalue weighted by Gasteiger charge is -2.22. The molecule has 3 N–H and O–H groups in total. The maximum atomic E-state index is 10.5. The minimum Gasteiger partial charge on any atom is -0.309 e. The zero-order valence-electron chi connectivity index (χ0n) is 10.3. The van der Waals surface area contributed by atoms with Gasteiger partial charge >= 0.3 is 22.9 Å². The van der Waals surface area contributed by atoms with Gasteiger partial charge in [0.1, 0.15) is 0 Å². The highest BCUT2D eigenvalue weighted by Crippen LogP contribution is 2.28. The van der Waals surface area contributed by atoms with Gasteiger partial charge in [-0.25, -0.2) is 0 Å². The highest BCUT2D eigenvalue weighted by atomic mass is 31.1. The SMILES string of the molecule is CCCCCC(C)N(O)C(O[P+](=O)O)O[P+](=O)O. The van der Waals surface area contributed by atoms with E-state index in [1.807, 2.05) is 6.92 Å². The number of hydroxylamine groups is 2. The fourth-order valence-electron chi connectivity index (χ4n) is 1.30. The number of hydrogen-bond acceptors (Lipinski definition) is 6. The molecule has 0 saturated carbocycles. The third-order valence-electron chi connectivity index (χ3n) is 2.25. The Balaban J connectivity index is 4.37. The van der Waals surface area contributed by atoms with Gasteiger partial charge < -0.3 is 5.21 Å². The van der Waals surface area contributed by atoms with Crippen LogP contribution < -0.4 is 0 Å². The van der Waals surface area contributed by atoms with Gasteiger partial charge in [0.15, 0.2) is 0 Å². The van der Waals surface area contributed by atoms with E-state index in [0.717, 1.165) is 19.3 Å². The van der Waals surface area contributed by atoms with Crippen LogP contribution in [0.15, 0.2) is 0 Å². The number of unbranched alkanes of at least 4 members (excludes halogenated alkanes) is 2. The molecule has 0 saturated heterocycles. The molecule has 0 aromatic heterocycles. The Morgan fingerprint density at radius 3 is 2.06 bits per heavy atom. The van der Waals surface area contributed by atoms with Gasteiger partial charge in [-0.15, -0.1) is 14.9 Å². The van der Waals surface area contributed by atoms with Crippen molar-refractivity contribution in [3.8, 4) is 0 Å². The molecule has 0 aromatic carbocycles. The van der Waals surface area contributed by atoms with E-state index >= 15 is 0 Å². The first-order valence-electron chi connectivity index (χ1n) is 5.51. The van der Waals surface area contributed by atoms with Crippen LogP contribution in [-0.4, -0.2) is 32.5 Å². The van der Waals surface area contributed by atoms with Crippen LogP contribution in [0.2, 0.25) is 0 Å². The molecule has 106 valence electrons. The summed E-state index contributed by atoms with van der Waals surface area (Å²) in [5.74, 6) is 0. The third-order valence-corrected chi connectivity index (χ3v) is 2.98. The summed E-state index contributed by atoms with van der Waals surface area (Å²) >= 11 is 0. The van der Waals surface area contributed by atoms with Crippen molar-refractivity contribution in [2.75, 3.05) is 0 Å². The van der Waals surface area contributed by atoms with Gasteiger partial charge in [-0.05, 0) is 13.3 Å². The Morgan fingerprint density at radius 1 is 1.17 bits per heavy atom. The lowest BCUT2D eigenvalue weighted by atomic mass is 10.1. The van der Waals surface area contributed by atoms with Crippen LogP contribution in [0.5, 0.6) is 0 Å². The van der Waals surface area contributed by atoms with Crippen LogP contribution in [0, 0.1) is 0 Å². The van der Waals surface area contributed by atoms with Crippen LogP contribution in [0.1, 0.15) is 39.5 Å². The first-order chi connectivity index (χ1) is 8.38. The molecule has 0 aliphatic heterocycles. The number of nitrogens with zero attached hydrogens (tertiary/aromatic N) is 1. The minimum absolute atomic E-state index is 0.438. The molecular weight excluding hydrogens is 284 g/mol. The summed E-state index contributed by atoms with van der Waals surface area (Å²) in [4.78, 5) is 17.1. The summed E-state index contributed by atoms with van der Waals surface area (Å²) in [6, 6.07) is -0.438. The van der Waals surface area contributed by atoms with Gasteiger partial charge in [0.25, 0.3) is 0 Å². The molecule has 0 amide bonds. The number of hydrogen-bond donors (Lipinski definition) is 3. The fraction of sp³-hybridized carbons (Fsp3) is 1.00. The van der Waals surface area contributed by atoms with Gasteiger partial charge in [0, 0.05) is 15.2 Å². The molecule has 0 spiro atoms. The van der Waals surface area contributed by atoms with E-state index in [-0.39, 0.29) is 0 Å². The average molecular weight is 303 g/mol. The molecule has 0 heterocycles. The summed E-state index contributed by atoms with van der Waals surface area (Å²) in [6.45, 7) is 3.67. The predicted molar refractivity (Wildman–Crippen MR) is 62.8 cm³/mol. The van der Waals surface area contributed by atoms with Gasteiger partial charge in [-0.2, -0.15) is 0 Å². The molecule has 0 radical (unpaired) electrons. The highest BCUT2D eigenvalue weighted by molar-refractivity contribution is 7.32. The molecule has 0 aromatic rings. The van der Waals surface area contributed by atoms with Gasteiger partial charge in [0.2, 0.25) is 0 Å². The molecule has 0 aliphatic carbocycles. The topological polar surface area (TPSA) is 117 Å². The van der Waals surface area contributed by atoms with E-state index in [1.54, 1.807) is 6.92 Å². The standard InChI is InChI=1S/C8H17NO7P2/c1-3-4-5-6-7(2)9(10)8(15-17(11)12)16-18(13)14/h7-8,10H,3-6H2,1-2H3/p+2. The molecule has 0 rings (SSSR count). The largest absolute Gasteiger partial charge is 0.699 e. The number of rotatable bonds is 10. The average Bonchev–Trinajstić information content (AvgIpc) is 2.26. The van der Waals surface area contributed by atoms with Crippen LogP contribution in [0.4, 0.5) is 0 Å². The van der Waals surface area contributed by atoms with Crippen molar-refractivity contribution in [3.05, 3.63) is 0 Å². The van der Waals surface area contributed by atoms with Crippen molar-refractivity contribution in [2.45, 2.75) is 52.0 Å². The van der Waals surface area contributed by atoms with E-state index in [1.165, 1.54) is 0 Å². The van der Waals surface area contributed by atoms with Crippen LogP contribution in [-0.2, 0) is 18.2 Å². The summed E-state index contributed by atoms with van der Waals surface area (Å²) in [6.07, 6.45) is 1.69. The Morgan fingerprint density at radius 2 is 1.67 bits per heavy atom. The second-order valence-corrected chi connectivity index (χ2v) is 5.09. The molecule has 0 fully saturated rings. The lowest BCUT2D eigenvalue weighted by molar-refractivity contribution is -0.275.